The molecule has 0 heterocycles. The summed E-state index contributed by atoms with van der Waals surface area (Å²) in [5, 5.41) is 3.86. The van der Waals surface area contributed by atoms with E-state index in [9.17, 15) is 9.59 Å². The lowest BCUT2D eigenvalue weighted by molar-refractivity contribution is -0.141. The van der Waals surface area contributed by atoms with Gasteiger partial charge >= 0.3 is 0 Å². The molecule has 0 aliphatic heterocycles. The maximum Gasteiger partial charge on any atom is 0.243 e. The second-order valence-corrected chi connectivity index (χ2v) is 10.9. The third-order valence-corrected chi connectivity index (χ3v) is 7.69. The second-order valence-electron chi connectivity index (χ2n) is 10.5. The molecule has 4 rings (SSSR count). The number of aryl methyl sites for hydroxylation is 1. The first-order chi connectivity index (χ1) is 20.0. The first-order valence-corrected chi connectivity index (χ1v) is 15.1. The average molecular weight is 577 g/mol. The van der Waals surface area contributed by atoms with E-state index in [2.05, 4.69) is 5.32 Å². The van der Waals surface area contributed by atoms with E-state index in [1.807, 2.05) is 86.6 Å². The minimum atomic E-state index is -0.649. The Labute approximate surface area is 249 Å². The van der Waals surface area contributed by atoms with Crippen molar-refractivity contribution in [2.75, 3.05) is 13.2 Å². The van der Waals surface area contributed by atoms with Crippen molar-refractivity contribution in [3.63, 3.8) is 0 Å². The van der Waals surface area contributed by atoms with Crippen LogP contribution in [0.15, 0.2) is 72.8 Å². The summed E-state index contributed by atoms with van der Waals surface area (Å²) in [4.78, 5) is 29.6. The first kappa shape index (κ1) is 30.4. The van der Waals surface area contributed by atoms with Crippen LogP contribution >= 0.6 is 11.6 Å². The molecule has 1 atom stereocenters. The molecule has 1 fully saturated rings. The second kappa shape index (κ2) is 15.5. The van der Waals surface area contributed by atoms with Gasteiger partial charge in [-0.2, -0.15) is 0 Å². The van der Waals surface area contributed by atoms with E-state index in [1.54, 1.807) is 4.90 Å². The van der Waals surface area contributed by atoms with E-state index in [4.69, 9.17) is 21.1 Å². The number of carbonyl (C=O) groups is 2. The number of halogens is 1. The summed E-state index contributed by atoms with van der Waals surface area (Å²) in [5.41, 5.74) is 2.87. The van der Waals surface area contributed by atoms with Gasteiger partial charge in [0, 0.05) is 30.5 Å². The van der Waals surface area contributed by atoms with E-state index >= 15 is 0 Å². The minimum Gasteiger partial charge on any atom is -0.490 e. The minimum absolute atomic E-state index is 0.0840. The average Bonchev–Trinajstić information content (AvgIpc) is 3.48. The van der Waals surface area contributed by atoms with Gasteiger partial charge < -0.3 is 19.7 Å². The standard InChI is InChI=1S/C34H41ClN2O4/c1-3-40-31-19-17-26(23-32(31)41-4-2)18-20-33(38)37(24-27-13-10-14-28(35)21-27)30(22-25-11-6-5-7-12-25)34(39)36-29-15-8-9-16-29/h5-7,10-14,17,19,21,23,29-30H,3-4,8-9,15-16,18,20,22,24H2,1-2H3,(H,36,39)/t30-/m0/s1. The van der Waals surface area contributed by atoms with Gasteiger partial charge in [0.2, 0.25) is 11.8 Å². The predicted octanol–water partition coefficient (Wildman–Crippen LogP) is 6.77. The monoisotopic (exact) mass is 576 g/mol. The van der Waals surface area contributed by atoms with Crippen LogP contribution in [0.5, 0.6) is 11.5 Å². The number of carbonyl (C=O) groups excluding carboxylic acids is 2. The van der Waals surface area contributed by atoms with Crippen molar-refractivity contribution in [1.29, 1.82) is 0 Å². The van der Waals surface area contributed by atoms with Crippen LogP contribution in [0.2, 0.25) is 5.02 Å². The molecule has 0 unspecified atom stereocenters. The van der Waals surface area contributed by atoms with Crippen LogP contribution in [-0.4, -0.2) is 42.0 Å². The number of hydrogen-bond acceptors (Lipinski definition) is 4. The van der Waals surface area contributed by atoms with Crippen LogP contribution in [0.4, 0.5) is 0 Å². The number of rotatable bonds is 14. The lowest BCUT2D eigenvalue weighted by Crippen LogP contribution is -2.52. The molecule has 6 nitrogen and oxygen atoms in total. The zero-order valence-corrected chi connectivity index (χ0v) is 24.9. The summed E-state index contributed by atoms with van der Waals surface area (Å²) in [5.74, 6) is 1.18. The zero-order chi connectivity index (χ0) is 29.0. The summed E-state index contributed by atoms with van der Waals surface area (Å²) in [6.45, 7) is 5.23. The summed E-state index contributed by atoms with van der Waals surface area (Å²) in [7, 11) is 0. The van der Waals surface area contributed by atoms with Gasteiger partial charge in [-0.1, -0.05) is 73.0 Å². The summed E-state index contributed by atoms with van der Waals surface area (Å²) in [6, 6.07) is 22.7. The molecule has 218 valence electrons. The Bertz CT molecular complexity index is 1280. The van der Waals surface area contributed by atoms with Gasteiger partial charge in [-0.25, -0.2) is 0 Å². The Kier molecular flexibility index (Phi) is 11.5. The molecule has 41 heavy (non-hydrogen) atoms. The normalized spacial score (nSPS) is 13.9. The molecule has 0 spiro atoms. The molecule has 7 heteroatoms. The van der Waals surface area contributed by atoms with Crippen molar-refractivity contribution >= 4 is 23.4 Å². The highest BCUT2D eigenvalue weighted by Gasteiger charge is 2.32. The summed E-state index contributed by atoms with van der Waals surface area (Å²) < 4.78 is 11.5. The Morgan fingerprint density at radius 1 is 0.878 bits per heavy atom. The van der Waals surface area contributed by atoms with Crippen molar-refractivity contribution < 1.29 is 19.1 Å². The number of hydrogen-bond donors (Lipinski definition) is 1. The molecular formula is C34H41ClN2O4. The molecule has 1 saturated carbocycles. The third kappa shape index (κ3) is 8.99. The van der Waals surface area contributed by atoms with Crippen LogP contribution in [0.1, 0.15) is 62.6 Å². The van der Waals surface area contributed by atoms with Crippen molar-refractivity contribution in [3.8, 4) is 11.5 Å². The quantitative estimate of drug-likeness (QED) is 0.230. The number of nitrogens with one attached hydrogen (secondary N) is 1. The number of benzene rings is 3. The fourth-order valence-corrected chi connectivity index (χ4v) is 5.61. The molecule has 1 aliphatic rings. The van der Waals surface area contributed by atoms with Crippen LogP contribution in [0.3, 0.4) is 0 Å². The van der Waals surface area contributed by atoms with Crippen molar-refractivity contribution in [3.05, 3.63) is 94.5 Å². The molecule has 0 saturated heterocycles. The molecule has 1 N–H and O–H groups in total. The van der Waals surface area contributed by atoms with Crippen LogP contribution in [-0.2, 0) is 29.0 Å². The largest absolute Gasteiger partial charge is 0.490 e. The van der Waals surface area contributed by atoms with Gasteiger partial charge in [0.25, 0.3) is 0 Å². The summed E-state index contributed by atoms with van der Waals surface area (Å²) >= 11 is 6.31. The molecule has 3 aromatic carbocycles. The van der Waals surface area contributed by atoms with E-state index in [0.29, 0.717) is 49.1 Å². The molecule has 0 bridgehead atoms. The topological polar surface area (TPSA) is 67.9 Å². The van der Waals surface area contributed by atoms with Gasteiger partial charge in [0.1, 0.15) is 6.04 Å². The number of nitrogens with zero attached hydrogens (tertiary/aromatic N) is 1. The summed E-state index contributed by atoms with van der Waals surface area (Å²) in [6.07, 6.45) is 5.39. The van der Waals surface area contributed by atoms with E-state index in [0.717, 1.165) is 42.4 Å². The van der Waals surface area contributed by atoms with Gasteiger partial charge in [-0.15, -0.1) is 0 Å². The van der Waals surface area contributed by atoms with Gasteiger partial charge in [-0.3, -0.25) is 9.59 Å². The fraction of sp³-hybridized carbons (Fsp3) is 0.412. The van der Waals surface area contributed by atoms with E-state index in [-0.39, 0.29) is 24.3 Å². The fourth-order valence-electron chi connectivity index (χ4n) is 5.40. The Balaban J connectivity index is 1.60. The Morgan fingerprint density at radius 3 is 2.29 bits per heavy atom. The lowest BCUT2D eigenvalue weighted by atomic mass is 10.0. The molecule has 3 aromatic rings. The first-order valence-electron chi connectivity index (χ1n) is 14.7. The van der Waals surface area contributed by atoms with Crippen LogP contribution in [0.25, 0.3) is 0 Å². The maximum absolute atomic E-state index is 14.0. The molecule has 1 aliphatic carbocycles. The highest BCUT2D eigenvalue weighted by Crippen LogP contribution is 2.29. The van der Waals surface area contributed by atoms with E-state index in [1.165, 1.54) is 0 Å². The highest BCUT2D eigenvalue weighted by molar-refractivity contribution is 6.30. The van der Waals surface area contributed by atoms with Crippen molar-refractivity contribution in [2.45, 2.75) is 77.4 Å². The van der Waals surface area contributed by atoms with E-state index < -0.39 is 6.04 Å². The Morgan fingerprint density at radius 2 is 1.59 bits per heavy atom. The molecule has 0 radical (unpaired) electrons. The molecular weight excluding hydrogens is 536 g/mol. The zero-order valence-electron chi connectivity index (χ0n) is 24.1. The maximum atomic E-state index is 14.0. The van der Waals surface area contributed by atoms with Crippen LogP contribution in [0, 0.1) is 0 Å². The number of amides is 2. The smallest absolute Gasteiger partial charge is 0.243 e. The third-order valence-electron chi connectivity index (χ3n) is 7.45. The van der Waals surface area contributed by atoms with Gasteiger partial charge in [0.05, 0.1) is 13.2 Å². The molecule has 2 amide bonds. The molecule has 0 aromatic heterocycles. The SMILES string of the molecule is CCOc1ccc(CCC(=O)N(Cc2cccc(Cl)c2)[C@@H](Cc2ccccc2)C(=O)NC2CCCC2)cc1OCC. The predicted molar refractivity (Wildman–Crippen MR) is 163 cm³/mol. The Hall–Kier alpha value is -3.51. The van der Waals surface area contributed by atoms with Crippen molar-refractivity contribution in [2.24, 2.45) is 0 Å². The lowest BCUT2D eigenvalue weighted by Gasteiger charge is -2.32. The van der Waals surface area contributed by atoms with Gasteiger partial charge in [0.15, 0.2) is 11.5 Å². The van der Waals surface area contributed by atoms with Gasteiger partial charge in [-0.05, 0) is 74.1 Å². The van der Waals surface area contributed by atoms with Crippen molar-refractivity contribution in [1.82, 2.24) is 10.2 Å². The van der Waals surface area contributed by atoms with Crippen LogP contribution < -0.4 is 14.8 Å². The number of ether oxygens (including phenoxy) is 2. The highest BCUT2D eigenvalue weighted by atomic mass is 35.5.